The summed E-state index contributed by atoms with van der Waals surface area (Å²) in [5.74, 6) is 0.421. The zero-order chi connectivity index (χ0) is 14.6. The smallest absolute Gasteiger partial charge is 0.157 e. The lowest BCUT2D eigenvalue weighted by Crippen LogP contribution is -2.53. The van der Waals surface area contributed by atoms with E-state index >= 15 is 0 Å². The third-order valence-corrected chi connectivity index (χ3v) is 4.77. The number of benzene rings is 1. The maximum Gasteiger partial charge on any atom is 0.157 e. The molecule has 0 N–H and O–H groups in total. The maximum atomic E-state index is 13.0. The molecule has 0 amide bonds. The van der Waals surface area contributed by atoms with E-state index in [0.29, 0.717) is 12.2 Å². The Kier molecular flexibility index (Phi) is 4.98. The van der Waals surface area contributed by atoms with E-state index in [1.54, 1.807) is 0 Å². The molecule has 1 aliphatic carbocycles. The molecule has 0 aromatic heterocycles. The van der Waals surface area contributed by atoms with Crippen LogP contribution in [0.5, 0.6) is 0 Å². The van der Waals surface area contributed by atoms with Crippen LogP contribution in [-0.2, 0) is 11.2 Å². The molecule has 1 aliphatic rings. The van der Waals surface area contributed by atoms with Gasteiger partial charge in [0.05, 0.1) is 5.54 Å². The van der Waals surface area contributed by atoms with Gasteiger partial charge in [0.2, 0.25) is 0 Å². The molecule has 2 rings (SSSR count). The summed E-state index contributed by atoms with van der Waals surface area (Å²) in [4.78, 5) is 15.4. The van der Waals surface area contributed by atoms with Crippen molar-refractivity contribution in [3.8, 4) is 0 Å². The standard InChI is InChI=1S/C18H27NO/c1-4-19(5-2)18(11-6-7-12-18)17(20)14-16-10-8-9-15(3)13-16/h8-10,13H,4-7,11-12,14H2,1-3H3. The van der Waals surface area contributed by atoms with Crippen molar-refractivity contribution in [2.45, 2.75) is 58.4 Å². The Labute approximate surface area is 123 Å². The van der Waals surface area contributed by atoms with Crippen LogP contribution in [0.15, 0.2) is 24.3 Å². The molecule has 1 aromatic rings. The molecule has 2 nitrogen and oxygen atoms in total. The van der Waals surface area contributed by atoms with Crippen LogP contribution in [0, 0.1) is 6.92 Å². The predicted molar refractivity (Wildman–Crippen MR) is 84.0 cm³/mol. The highest BCUT2D eigenvalue weighted by Crippen LogP contribution is 2.36. The van der Waals surface area contributed by atoms with Crippen LogP contribution >= 0.6 is 0 Å². The minimum absolute atomic E-state index is 0.187. The molecule has 0 aliphatic heterocycles. The number of hydrogen-bond acceptors (Lipinski definition) is 2. The van der Waals surface area contributed by atoms with E-state index in [4.69, 9.17) is 0 Å². The third kappa shape index (κ3) is 2.95. The Bertz CT molecular complexity index is 456. The first-order valence-electron chi connectivity index (χ1n) is 7.96. The van der Waals surface area contributed by atoms with E-state index in [9.17, 15) is 4.79 Å². The number of carbonyl (C=O) groups excluding carboxylic acids is 1. The van der Waals surface area contributed by atoms with Crippen molar-refractivity contribution >= 4 is 5.78 Å². The van der Waals surface area contributed by atoms with Crippen molar-refractivity contribution in [2.24, 2.45) is 0 Å². The van der Waals surface area contributed by atoms with Crippen LogP contribution in [0.25, 0.3) is 0 Å². The highest BCUT2D eigenvalue weighted by atomic mass is 16.1. The Morgan fingerprint density at radius 2 is 1.85 bits per heavy atom. The lowest BCUT2D eigenvalue weighted by atomic mass is 9.86. The normalized spacial score (nSPS) is 17.6. The van der Waals surface area contributed by atoms with Crippen molar-refractivity contribution < 1.29 is 4.79 Å². The van der Waals surface area contributed by atoms with Crippen molar-refractivity contribution in [2.75, 3.05) is 13.1 Å². The van der Waals surface area contributed by atoms with Crippen molar-refractivity contribution in [3.63, 3.8) is 0 Å². The molecule has 0 spiro atoms. The molecule has 1 aromatic carbocycles. The number of rotatable bonds is 6. The Morgan fingerprint density at radius 1 is 1.20 bits per heavy atom. The molecule has 0 heterocycles. The van der Waals surface area contributed by atoms with Gasteiger partial charge in [-0.05, 0) is 38.4 Å². The average molecular weight is 273 g/mol. The third-order valence-electron chi connectivity index (χ3n) is 4.77. The monoisotopic (exact) mass is 273 g/mol. The summed E-state index contributed by atoms with van der Waals surface area (Å²) in [7, 11) is 0. The summed E-state index contributed by atoms with van der Waals surface area (Å²) >= 11 is 0. The molecule has 0 saturated heterocycles. The summed E-state index contributed by atoms with van der Waals surface area (Å²) in [6.45, 7) is 8.36. The minimum atomic E-state index is -0.187. The number of likely N-dealkylation sites (N-methyl/N-ethyl adjacent to an activating group) is 1. The van der Waals surface area contributed by atoms with E-state index in [-0.39, 0.29) is 5.54 Å². The fourth-order valence-electron chi connectivity index (χ4n) is 3.73. The largest absolute Gasteiger partial charge is 0.297 e. The van der Waals surface area contributed by atoms with Gasteiger partial charge in [-0.15, -0.1) is 0 Å². The van der Waals surface area contributed by atoms with Gasteiger partial charge in [0, 0.05) is 6.42 Å². The lowest BCUT2D eigenvalue weighted by molar-refractivity contribution is -0.130. The molecular formula is C18H27NO. The number of aryl methyl sites for hydroxylation is 1. The summed E-state index contributed by atoms with van der Waals surface area (Å²) in [5.41, 5.74) is 2.21. The van der Waals surface area contributed by atoms with Crippen LogP contribution in [0.4, 0.5) is 0 Å². The summed E-state index contributed by atoms with van der Waals surface area (Å²) in [6, 6.07) is 8.36. The van der Waals surface area contributed by atoms with Gasteiger partial charge in [0.1, 0.15) is 0 Å². The van der Waals surface area contributed by atoms with Crippen molar-refractivity contribution in [1.82, 2.24) is 4.90 Å². The molecule has 20 heavy (non-hydrogen) atoms. The molecule has 1 saturated carbocycles. The SMILES string of the molecule is CCN(CC)C1(C(=O)Cc2cccc(C)c2)CCCC1. The fourth-order valence-corrected chi connectivity index (χ4v) is 3.73. The Balaban J connectivity index is 2.19. The van der Waals surface area contributed by atoms with Crippen LogP contribution in [-0.4, -0.2) is 29.3 Å². The second-order valence-corrected chi connectivity index (χ2v) is 6.00. The van der Waals surface area contributed by atoms with E-state index in [2.05, 4.69) is 49.9 Å². The molecule has 2 heteroatoms. The first kappa shape index (κ1) is 15.2. The van der Waals surface area contributed by atoms with Gasteiger partial charge < -0.3 is 0 Å². The quantitative estimate of drug-likeness (QED) is 0.786. The fraction of sp³-hybridized carbons (Fsp3) is 0.611. The summed E-state index contributed by atoms with van der Waals surface area (Å²) in [6.07, 6.45) is 5.04. The molecule has 0 unspecified atom stereocenters. The molecule has 1 fully saturated rings. The predicted octanol–water partition coefficient (Wildman–Crippen LogP) is 3.76. The average Bonchev–Trinajstić information content (AvgIpc) is 2.91. The molecule has 0 radical (unpaired) electrons. The van der Waals surface area contributed by atoms with Crippen LogP contribution < -0.4 is 0 Å². The van der Waals surface area contributed by atoms with Gasteiger partial charge in [-0.25, -0.2) is 0 Å². The van der Waals surface area contributed by atoms with Crippen molar-refractivity contribution in [3.05, 3.63) is 35.4 Å². The summed E-state index contributed by atoms with van der Waals surface area (Å²) in [5, 5.41) is 0. The van der Waals surface area contributed by atoms with Gasteiger partial charge in [-0.2, -0.15) is 0 Å². The number of carbonyl (C=O) groups is 1. The highest BCUT2D eigenvalue weighted by molar-refractivity contribution is 5.90. The highest BCUT2D eigenvalue weighted by Gasteiger charge is 2.44. The second-order valence-electron chi connectivity index (χ2n) is 6.00. The van der Waals surface area contributed by atoms with Gasteiger partial charge in [-0.1, -0.05) is 56.5 Å². The van der Waals surface area contributed by atoms with Crippen molar-refractivity contribution in [1.29, 1.82) is 0 Å². The molecule has 0 atom stereocenters. The molecule has 110 valence electrons. The zero-order valence-corrected chi connectivity index (χ0v) is 13.1. The lowest BCUT2D eigenvalue weighted by Gasteiger charge is -2.39. The van der Waals surface area contributed by atoms with Gasteiger partial charge >= 0.3 is 0 Å². The van der Waals surface area contributed by atoms with E-state index in [0.717, 1.165) is 31.5 Å². The first-order chi connectivity index (χ1) is 9.62. The first-order valence-corrected chi connectivity index (χ1v) is 7.96. The van der Waals surface area contributed by atoms with Gasteiger partial charge in [0.25, 0.3) is 0 Å². The zero-order valence-electron chi connectivity index (χ0n) is 13.1. The van der Waals surface area contributed by atoms with Crippen LogP contribution in [0.3, 0.4) is 0 Å². The van der Waals surface area contributed by atoms with E-state index < -0.39 is 0 Å². The van der Waals surface area contributed by atoms with E-state index in [1.165, 1.54) is 18.4 Å². The summed E-state index contributed by atoms with van der Waals surface area (Å²) < 4.78 is 0. The minimum Gasteiger partial charge on any atom is -0.297 e. The number of ketones is 1. The van der Waals surface area contributed by atoms with Gasteiger partial charge in [0.15, 0.2) is 5.78 Å². The topological polar surface area (TPSA) is 20.3 Å². The van der Waals surface area contributed by atoms with Gasteiger partial charge in [-0.3, -0.25) is 9.69 Å². The van der Waals surface area contributed by atoms with Crippen LogP contribution in [0.1, 0.15) is 50.7 Å². The molecular weight excluding hydrogens is 246 g/mol. The van der Waals surface area contributed by atoms with Crippen LogP contribution in [0.2, 0.25) is 0 Å². The number of nitrogens with zero attached hydrogens (tertiary/aromatic N) is 1. The maximum absolute atomic E-state index is 13.0. The number of hydrogen-bond donors (Lipinski definition) is 0. The Morgan fingerprint density at radius 3 is 2.40 bits per heavy atom. The number of Topliss-reactive ketones (excluding diaryl/α,β-unsaturated/α-hetero) is 1. The second kappa shape index (κ2) is 6.53. The van der Waals surface area contributed by atoms with E-state index in [1.807, 2.05) is 0 Å². The Hall–Kier alpha value is -1.15. The molecule has 0 bridgehead atoms.